The summed E-state index contributed by atoms with van der Waals surface area (Å²) in [7, 11) is 3.57. The number of hydrogen-bond donors (Lipinski definition) is 2. The predicted molar refractivity (Wildman–Crippen MR) is 68.8 cm³/mol. The Morgan fingerprint density at radius 1 is 1.72 bits per heavy atom. The van der Waals surface area contributed by atoms with Crippen LogP contribution in [0, 0.1) is 0 Å². The molecule has 1 aromatic rings. The summed E-state index contributed by atoms with van der Waals surface area (Å²) in [4.78, 5) is 14.1. The standard InChI is InChI=1S/C12H21N5O/c1-14-12(18)10-4-3-5-17(10)11(6-13)9-7-15-16(2)8-9/h7-8,10-11H,3-6,13H2,1-2H3,(H,14,18). The van der Waals surface area contributed by atoms with Crippen molar-refractivity contribution < 1.29 is 4.79 Å². The van der Waals surface area contributed by atoms with Crippen LogP contribution < -0.4 is 11.1 Å². The lowest BCUT2D eigenvalue weighted by Crippen LogP contribution is -2.45. The molecule has 6 nitrogen and oxygen atoms in total. The first kappa shape index (κ1) is 13.0. The Balaban J connectivity index is 2.19. The zero-order valence-corrected chi connectivity index (χ0v) is 11.0. The maximum absolute atomic E-state index is 11.9. The number of rotatable bonds is 4. The second-order valence-electron chi connectivity index (χ2n) is 4.71. The SMILES string of the molecule is CNC(=O)C1CCCN1C(CN)c1cnn(C)c1. The van der Waals surface area contributed by atoms with E-state index < -0.39 is 0 Å². The van der Waals surface area contributed by atoms with Crippen LogP contribution in [-0.2, 0) is 11.8 Å². The van der Waals surface area contributed by atoms with Gasteiger partial charge in [0.15, 0.2) is 0 Å². The molecular formula is C12H21N5O. The number of nitrogens with one attached hydrogen (secondary N) is 1. The lowest BCUT2D eigenvalue weighted by atomic mass is 10.1. The van der Waals surface area contributed by atoms with Gasteiger partial charge in [-0.2, -0.15) is 5.10 Å². The Labute approximate surface area is 107 Å². The maximum atomic E-state index is 11.9. The van der Waals surface area contributed by atoms with Crippen LogP contribution in [0.5, 0.6) is 0 Å². The lowest BCUT2D eigenvalue weighted by Gasteiger charge is -2.30. The molecule has 2 rings (SSSR count). The fourth-order valence-electron chi connectivity index (χ4n) is 2.69. The number of nitrogens with zero attached hydrogens (tertiary/aromatic N) is 3. The van der Waals surface area contributed by atoms with Crippen molar-refractivity contribution in [2.45, 2.75) is 24.9 Å². The summed E-state index contributed by atoms with van der Waals surface area (Å²) >= 11 is 0. The normalized spacial score (nSPS) is 22.1. The van der Waals surface area contributed by atoms with E-state index in [1.54, 1.807) is 11.7 Å². The molecule has 0 aliphatic carbocycles. The molecule has 1 aliphatic rings. The summed E-state index contributed by atoms with van der Waals surface area (Å²) in [6.07, 6.45) is 5.73. The van der Waals surface area contributed by atoms with E-state index in [1.807, 2.05) is 19.4 Å². The molecule has 100 valence electrons. The number of amides is 1. The quantitative estimate of drug-likeness (QED) is 0.765. The Bertz CT molecular complexity index is 416. The molecule has 3 N–H and O–H groups in total. The van der Waals surface area contributed by atoms with Crippen LogP contribution in [0.25, 0.3) is 0 Å². The number of aryl methyl sites for hydroxylation is 1. The summed E-state index contributed by atoms with van der Waals surface area (Å²) < 4.78 is 1.77. The second-order valence-corrected chi connectivity index (χ2v) is 4.71. The van der Waals surface area contributed by atoms with E-state index in [0.717, 1.165) is 24.9 Å². The van der Waals surface area contributed by atoms with Gasteiger partial charge in [-0.15, -0.1) is 0 Å². The van der Waals surface area contributed by atoms with Gasteiger partial charge in [0.05, 0.1) is 18.3 Å². The van der Waals surface area contributed by atoms with E-state index >= 15 is 0 Å². The van der Waals surface area contributed by atoms with Crippen LogP contribution in [0.3, 0.4) is 0 Å². The van der Waals surface area contributed by atoms with Crippen molar-refractivity contribution in [1.29, 1.82) is 0 Å². The summed E-state index contributed by atoms with van der Waals surface area (Å²) in [6.45, 7) is 1.41. The van der Waals surface area contributed by atoms with Crippen molar-refractivity contribution in [2.75, 3.05) is 20.1 Å². The van der Waals surface area contributed by atoms with Gasteiger partial charge in [-0.1, -0.05) is 0 Å². The lowest BCUT2D eigenvalue weighted by molar-refractivity contribution is -0.125. The molecule has 1 amide bonds. The third-order valence-corrected chi connectivity index (χ3v) is 3.58. The molecule has 1 aliphatic heterocycles. The fourth-order valence-corrected chi connectivity index (χ4v) is 2.69. The smallest absolute Gasteiger partial charge is 0.237 e. The van der Waals surface area contributed by atoms with Crippen molar-refractivity contribution in [2.24, 2.45) is 12.8 Å². The van der Waals surface area contributed by atoms with Gasteiger partial charge in [0.2, 0.25) is 5.91 Å². The van der Waals surface area contributed by atoms with Crippen molar-refractivity contribution >= 4 is 5.91 Å². The minimum atomic E-state index is -0.0660. The number of carbonyl (C=O) groups is 1. The molecule has 0 saturated carbocycles. The minimum Gasteiger partial charge on any atom is -0.358 e. The summed E-state index contributed by atoms with van der Waals surface area (Å²) in [5.74, 6) is 0.0786. The van der Waals surface area contributed by atoms with E-state index in [1.165, 1.54) is 0 Å². The topological polar surface area (TPSA) is 76.2 Å². The fraction of sp³-hybridized carbons (Fsp3) is 0.667. The van der Waals surface area contributed by atoms with Crippen molar-refractivity contribution in [3.8, 4) is 0 Å². The van der Waals surface area contributed by atoms with Gasteiger partial charge in [0.1, 0.15) is 0 Å². The summed E-state index contributed by atoms with van der Waals surface area (Å²) in [5.41, 5.74) is 6.97. The monoisotopic (exact) mass is 251 g/mol. The molecule has 1 saturated heterocycles. The second kappa shape index (κ2) is 5.49. The van der Waals surface area contributed by atoms with E-state index in [4.69, 9.17) is 5.73 Å². The van der Waals surface area contributed by atoms with Crippen LogP contribution in [0.4, 0.5) is 0 Å². The first-order chi connectivity index (χ1) is 8.67. The molecule has 2 atom stereocenters. The van der Waals surface area contributed by atoms with Crippen LogP contribution in [0.2, 0.25) is 0 Å². The van der Waals surface area contributed by atoms with Crippen LogP contribution in [0.15, 0.2) is 12.4 Å². The first-order valence-electron chi connectivity index (χ1n) is 6.33. The van der Waals surface area contributed by atoms with Gasteiger partial charge in [0.25, 0.3) is 0 Å². The van der Waals surface area contributed by atoms with E-state index in [9.17, 15) is 4.79 Å². The van der Waals surface area contributed by atoms with E-state index in [-0.39, 0.29) is 18.0 Å². The highest BCUT2D eigenvalue weighted by molar-refractivity contribution is 5.81. The number of nitrogens with two attached hydrogens (primary N) is 1. The van der Waals surface area contributed by atoms with Gasteiger partial charge in [0, 0.05) is 32.4 Å². The molecule has 0 aromatic carbocycles. The average molecular weight is 251 g/mol. The Morgan fingerprint density at radius 3 is 3.06 bits per heavy atom. The van der Waals surface area contributed by atoms with Gasteiger partial charge in [-0.25, -0.2) is 0 Å². The first-order valence-corrected chi connectivity index (χ1v) is 6.33. The third-order valence-electron chi connectivity index (χ3n) is 3.58. The number of carbonyl (C=O) groups excluding carboxylic acids is 1. The van der Waals surface area contributed by atoms with Gasteiger partial charge < -0.3 is 11.1 Å². The molecule has 18 heavy (non-hydrogen) atoms. The zero-order valence-electron chi connectivity index (χ0n) is 11.0. The van der Waals surface area contributed by atoms with Crippen LogP contribution in [-0.4, -0.2) is 46.8 Å². The van der Waals surface area contributed by atoms with Gasteiger partial charge in [-0.05, 0) is 19.4 Å². The molecule has 0 radical (unpaired) electrons. The highest BCUT2D eigenvalue weighted by Gasteiger charge is 2.35. The molecule has 6 heteroatoms. The van der Waals surface area contributed by atoms with Gasteiger partial charge >= 0.3 is 0 Å². The Hall–Kier alpha value is -1.40. The number of likely N-dealkylation sites (N-methyl/N-ethyl adjacent to an activating group) is 1. The number of likely N-dealkylation sites (tertiary alicyclic amines) is 1. The minimum absolute atomic E-state index is 0.0660. The van der Waals surface area contributed by atoms with Crippen molar-refractivity contribution in [1.82, 2.24) is 20.0 Å². The van der Waals surface area contributed by atoms with Crippen LogP contribution >= 0.6 is 0 Å². The molecule has 1 fully saturated rings. The van der Waals surface area contributed by atoms with Crippen LogP contribution in [0.1, 0.15) is 24.4 Å². The maximum Gasteiger partial charge on any atom is 0.237 e. The van der Waals surface area contributed by atoms with Crippen molar-refractivity contribution in [3.63, 3.8) is 0 Å². The number of hydrogen-bond acceptors (Lipinski definition) is 4. The molecular weight excluding hydrogens is 230 g/mol. The summed E-state index contributed by atoms with van der Waals surface area (Å²) in [5, 5.41) is 6.91. The average Bonchev–Trinajstić information content (AvgIpc) is 2.99. The highest BCUT2D eigenvalue weighted by atomic mass is 16.2. The molecule has 2 heterocycles. The molecule has 0 bridgehead atoms. The van der Waals surface area contributed by atoms with Gasteiger partial charge in [-0.3, -0.25) is 14.4 Å². The highest BCUT2D eigenvalue weighted by Crippen LogP contribution is 2.28. The molecule has 1 aromatic heterocycles. The van der Waals surface area contributed by atoms with E-state index in [0.29, 0.717) is 6.54 Å². The largest absolute Gasteiger partial charge is 0.358 e. The predicted octanol–water partition coefficient (Wildman–Crippen LogP) is -0.370. The molecule has 2 unspecified atom stereocenters. The van der Waals surface area contributed by atoms with E-state index in [2.05, 4.69) is 15.3 Å². The number of aromatic nitrogens is 2. The van der Waals surface area contributed by atoms with Crippen molar-refractivity contribution in [3.05, 3.63) is 18.0 Å². The zero-order chi connectivity index (χ0) is 13.1. The molecule has 0 spiro atoms. The Morgan fingerprint density at radius 2 is 2.50 bits per heavy atom. The Kier molecular flexibility index (Phi) is 3.98. The summed E-state index contributed by atoms with van der Waals surface area (Å²) in [6, 6.07) is 0.00672. The third kappa shape index (κ3) is 2.39.